The first-order valence-electron chi connectivity index (χ1n) is 13.9. The lowest BCUT2D eigenvalue weighted by Gasteiger charge is -2.31. The highest BCUT2D eigenvalue weighted by Crippen LogP contribution is 2.32. The minimum absolute atomic E-state index is 0.0605. The second-order valence-electron chi connectivity index (χ2n) is 10.3. The fraction of sp³-hybridized carbons (Fsp3) is 0.556. The lowest BCUT2D eigenvalue weighted by Crippen LogP contribution is -2.32. The number of anilines is 2. The van der Waals surface area contributed by atoms with E-state index >= 15 is 0 Å². The molecule has 0 radical (unpaired) electrons. The molecule has 0 bridgehead atoms. The first kappa shape index (κ1) is 27.7. The Morgan fingerprint density at radius 2 is 2.00 bits per heavy atom. The molecule has 1 atom stereocenters. The van der Waals surface area contributed by atoms with Crippen molar-refractivity contribution in [1.29, 1.82) is 0 Å². The number of piperidine rings is 1. The summed E-state index contributed by atoms with van der Waals surface area (Å²) in [6, 6.07) is 2.16. The summed E-state index contributed by atoms with van der Waals surface area (Å²) in [7, 11) is 1.67. The van der Waals surface area contributed by atoms with Crippen LogP contribution in [0.2, 0.25) is 0 Å². The number of ether oxygens (including phenoxy) is 1. The second kappa shape index (κ2) is 12.6. The Bertz CT molecular complexity index is 1410. The van der Waals surface area contributed by atoms with Gasteiger partial charge in [0.05, 0.1) is 26.4 Å². The van der Waals surface area contributed by atoms with Crippen LogP contribution in [0.3, 0.4) is 0 Å². The highest BCUT2D eigenvalue weighted by Gasteiger charge is 2.24. The van der Waals surface area contributed by atoms with Crippen LogP contribution in [0.4, 0.5) is 11.8 Å². The predicted octanol–water partition coefficient (Wildman–Crippen LogP) is 2.89. The zero-order chi connectivity index (χ0) is 28.1. The molecule has 1 saturated heterocycles. The van der Waals surface area contributed by atoms with Gasteiger partial charge in [0.25, 0.3) is 0 Å². The molecular weight excluding hydrogens is 512 g/mol. The lowest BCUT2D eigenvalue weighted by molar-refractivity contribution is 0.180. The Morgan fingerprint density at radius 3 is 2.70 bits per heavy atom. The van der Waals surface area contributed by atoms with E-state index in [0.717, 1.165) is 55.7 Å². The molecule has 0 spiro atoms. The standard InChI is InChI=1S/C27H38N10O3/c1-4-5-20(8-11-38)32-26-25-21(33-27(28)34-26)14-30-37(25)15-22-23(39-3)12-19(13-29-22)18-6-9-36(10-7-18)16-24-31-17(2)35-40-24/h12-14,18,20,38H,4-11,15-16H2,1-3H3,(H3,28,32,33,34)/t20-/m0/s1. The minimum Gasteiger partial charge on any atom is -0.495 e. The molecule has 5 rings (SSSR count). The number of aliphatic hydroxyl groups excluding tert-OH is 1. The largest absolute Gasteiger partial charge is 0.495 e. The normalized spacial score (nSPS) is 15.5. The molecule has 1 aliphatic rings. The molecule has 0 saturated carbocycles. The number of nitrogens with two attached hydrogens (primary N) is 1. The van der Waals surface area contributed by atoms with E-state index in [4.69, 9.17) is 20.0 Å². The van der Waals surface area contributed by atoms with E-state index in [1.807, 2.05) is 17.8 Å². The van der Waals surface area contributed by atoms with Gasteiger partial charge in [0.15, 0.2) is 11.6 Å². The van der Waals surface area contributed by atoms with Crippen molar-refractivity contribution >= 4 is 22.8 Å². The Morgan fingerprint density at radius 1 is 1.18 bits per heavy atom. The molecule has 1 aliphatic heterocycles. The maximum atomic E-state index is 9.52. The van der Waals surface area contributed by atoms with Crippen molar-refractivity contribution in [3.63, 3.8) is 0 Å². The third-order valence-electron chi connectivity index (χ3n) is 7.42. The van der Waals surface area contributed by atoms with Crippen LogP contribution in [0.1, 0.15) is 67.9 Å². The molecule has 13 nitrogen and oxygen atoms in total. The Balaban J connectivity index is 1.32. The summed E-state index contributed by atoms with van der Waals surface area (Å²) in [5, 5.41) is 21.4. The van der Waals surface area contributed by atoms with Gasteiger partial charge >= 0.3 is 0 Å². The first-order chi connectivity index (χ1) is 19.5. The number of nitrogens with one attached hydrogen (secondary N) is 1. The smallest absolute Gasteiger partial charge is 0.240 e. The summed E-state index contributed by atoms with van der Waals surface area (Å²) >= 11 is 0. The van der Waals surface area contributed by atoms with Gasteiger partial charge in [-0.3, -0.25) is 14.6 Å². The van der Waals surface area contributed by atoms with Crippen LogP contribution in [-0.4, -0.2) is 77.7 Å². The number of methoxy groups -OCH3 is 1. The van der Waals surface area contributed by atoms with E-state index in [0.29, 0.717) is 48.5 Å². The van der Waals surface area contributed by atoms with E-state index in [9.17, 15) is 5.11 Å². The summed E-state index contributed by atoms with van der Waals surface area (Å²) < 4.78 is 12.9. The molecule has 0 aliphatic carbocycles. The fourth-order valence-corrected chi connectivity index (χ4v) is 5.39. The third-order valence-corrected chi connectivity index (χ3v) is 7.42. The second-order valence-corrected chi connectivity index (χ2v) is 10.3. The van der Waals surface area contributed by atoms with Crippen molar-refractivity contribution in [3.8, 4) is 5.75 Å². The number of aromatic nitrogens is 7. The molecule has 4 N–H and O–H groups in total. The van der Waals surface area contributed by atoms with Crippen LogP contribution in [0, 0.1) is 6.92 Å². The highest BCUT2D eigenvalue weighted by atomic mass is 16.5. The number of pyridine rings is 1. The molecule has 0 unspecified atom stereocenters. The van der Waals surface area contributed by atoms with Gasteiger partial charge in [0.1, 0.15) is 22.5 Å². The number of likely N-dealkylation sites (tertiary alicyclic amines) is 1. The Kier molecular flexibility index (Phi) is 8.70. The molecule has 0 amide bonds. The number of aliphatic hydroxyl groups is 1. The number of nitrogen functional groups attached to an aromatic ring is 1. The Hall–Kier alpha value is -3.84. The number of fused-ring (bicyclic) bond motifs is 1. The SMILES string of the molecule is CCC[C@@H](CCO)Nc1nc(N)nc2cnn(Cc3ncc(C4CCN(Cc5nc(C)no5)CC4)cc3OC)c12. The Labute approximate surface area is 233 Å². The van der Waals surface area contributed by atoms with Crippen molar-refractivity contribution in [3.05, 3.63) is 41.4 Å². The van der Waals surface area contributed by atoms with Crippen LogP contribution in [0.15, 0.2) is 23.0 Å². The molecule has 5 heterocycles. The first-order valence-corrected chi connectivity index (χ1v) is 13.9. The number of aryl methyl sites for hydroxylation is 1. The maximum Gasteiger partial charge on any atom is 0.240 e. The van der Waals surface area contributed by atoms with E-state index in [-0.39, 0.29) is 18.6 Å². The summed E-state index contributed by atoms with van der Waals surface area (Å²) in [6.45, 7) is 6.99. The van der Waals surface area contributed by atoms with Crippen molar-refractivity contribution in [1.82, 2.24) is 39.8 Å². The van der Waals surface area contributed by atoms with Crippen LogP contribution >= 0.6 is 0 Å². The van der Waals surface area contributed by atoms with Gasteiger partial charge in [-0.15, -0.1) is 0 Å². The zero-order valence-electron chi connectivity index (χ0n) is 23.4. The maximum absolute atomic E-state index is 9.52. The van der Waals surface area contributed by atoms with E-state index < -0.39 is 0 Å². The minimum atomic E-state index is 0.0605. The predicted molar refractivity (Wildman–Crippen MR) is 150 cm³/mol. The molecule has 4 aromatic rings. The average molecular weight is 551 g/mol. The van der Waals surface area contributed by atoms with Gasteiger partial charge in [-0.1, -0.05) is 18.5 Å². The van der Waals surface area contributed by atoms with Gasteiger partial charge in [-0.05, 0) is 63.2 Å². The van der Waals surface area contributed by atoms with Crippen LogP contribution in [0.25, 0.3) is 11.0 Å². The monoisotopic (exact) mass is 550 g/mol. The fourth-order valence-electron chi connectivity index (χ4n) is 5.39. The lowest BCUT2D eigenvalue weighted by atomic mass is 9.90. The number of hydrogen-bond donors (Lipinski definition) is 3. The van der Waals surface area contributed by atoms with Crippen LogP contribution in [0.5, 0.6) is 5.75 Å². The number of rotatable bonds is 12. The third kappa shape index (κ3) is 6.31. The molecule has 1 fully saturated rings. The molecule has 4 aromatic heterocycles. The van der Waals surface area contributed by atoms with Crippen molar-refractivity contribution in [2.75, 3.05) is 37.9 Å². The summed E-state index contributed by atoms with van der Waals surface area (Å²) in [6.07, 6.45) is 8.15. The summed E-state index contributed by atoms with van der Waals surface area (Å²) in [4.78, 5) is 20.3. The summed E-state index contributed by atoms with van der Waals surface area (Å²) in [5.41, 5.74) is 9.32. The van der Waals surface area contributed by atoms with E-state index in [1.54, 1.807) is 13.3 Å². The van der Waals surface area contributed by atoms with E-state index in [1.165, 1.54) is 5.56 Å². The highest BCUT2D eigenvalue weighted by molar-refractivity contribution is 5.86. The number of nitrogens with zero attached hydrogens (tertiary/aromatic N) is 8. The van der Waals surface area contributed by atoms with Crippen molar-refractivity contribution in [2.24, 2.45) is 0 Å². The van der Waals surface area contributed by atoms with Gasteiger partial charge in [0, 0.05) is 18.8 Å². The van der Waals surface area contributed by atoms with Crippen LogP contribution in [-0.2, 0) is 13.1 Å². The molecule has 13 heteroatoms. The number of hydrogen-bond acceptors (Lipinski definition) is 12. The van der Waals surface area contributed by atoms with Gasteiger partial charge in [-0.25, -0.2) is 4.98 Å². The molecule has 214 valence electrons. The molecule has 0 aromatic carbocycles. The zero-order valence-corrected chi connectivity index (χ0v) is 23.4. The average Bonchev–Trinajstić information content (AvgIpc) is 3.55. The van der Waals surface area contributed by atoms with Crippen LogP contribution < -0.4 is 15.8 Å². The topological polar surface area (TPSA) is 166 Å². The molecular formula is C27H38N10O3. The quantitative estimate of drug-likeness (QED) is 0.236. The van der Waals surface area contributed by atoms with Crippen molar-refractivity contribution < 1.29 is 14.4 Å². The van der Waals surface area contributed by atoms with Crippen molar-refractivity contribution in [2.45, 2.75) is 71.0 Å². The van der Waals surface area contributed by atoms with Gasteiger partial charge < -0.3 is 25.4 Å². The van der Waals surface area contributed by atoms with Gasteiger partial charge in [0.2, 0.25) is 11.8 Å². The molecule has 40 heavy (non-hydrogen) atoms. The van der Waals surface area contributed by atoms with E-state index in [2.05, 4.69) is 48.4 Å². The van der Waals surface area contributed by atoms with Gasteiger partial charge in [-0.2, -0.15) is 15.1 Å². The summed E-state index contributed by atoms with van der Waals surface area (Å²) in [5.74, 6) is 3.22.